The molecule has 1 N–H and O–H groups in total. The third-order valence-corrected chi connectivity index (χ3v) is 10.4. The van der Waals surface area contributed by atoms with Crippen molar-refractivity contribution in [3.8, 4) is 0 Å². The summed E-state index contributed by atoms with van der Waals surface area (Å²) in [6.07, 6.45) is 9.29. The normalized spacial score (nSPS) is 47.7. The van der Waals surface area contributed by atoms with E-state index >= 15 is 0 Å². The van der Waals surface area contributed by atoms with Gasteiger partial charge in [-0.15, -0.1) is 0 Å². The van der Waals surface area contributed by atoms with Crippen molar-refractivity contribution in [2.24, 2.45) is 46.3 Å². The van der Waals surface area contributed by atoms with E-state index < -0.39 is 0 Å². The number of ether oxygens (including phenoxy) is 1. The molecule has 4 aliphatic carbocycles. The third-order valence-electron chi connectivity index (χ3n) is 10.4. The molecule has 4 unspecified atom stereocenters. The van der Waals surface area contributed by atoms with Crippen LogP contribution in [-0.4, -0.2) is 30.1 Å². The predicted molar refractivity (Wildman–Crippen MR) is 112 cm³/mol. The fraction of sp³-hybridized carbons (Fsp3) is 0.920. The van der Waals surface area contributed by atoms with Gasteiger partial charge in [0.1, 0.15) is 5.78 Å². The van der Waals surface area contributed by atoms with Gasteiger partial charge in [0.25, 0.3) is 0 Å². The van der Waals surface area contributed by atoms with Gasteiger partial charge in [-0.25, -0.2) is 0 Å². The average molecular weight is 405 g/mol. The highest BCUT2D eigenvalue weighted by Crippen LogP contribution is 2.68. The first kappa shape index (κ1) is 21.3. The number of hydrogen-bond donors (Lipinski definition) is 1. The molecule has 0 aromatic rings. The first-order valence-electron chi connectivity index (χ1n) is 12.0. The minimum Gasteiger partial charge on any atom is -0.469 e. The summed E-state index contributed by atoms with van der Waals surface area (Å²) in [7, 11) is 1.46. The van der Waals surface area contributed by atoms with Crippen LogP contribution in [0.2, 0.25) is 0 Å². The Morgan fingerprint density at radius 2 is 1.97 bits per heavy atom. The van der Waals surface area contributed by atoms with Crippen LogP contribution in [0.4, 0.5) is 0 Å². The Kier molecular flexibility index (Phi) is 5.63. The number of carbonyl (C=O) groups is 2. The van der Waals surface area contributed by atoms with Gasteiger partial charge < -0.3 is 9.84 Å². The van der Waals surface area contributed by atoms with Crippen LogP contribution in [-0.2, 0) is 14.3 Å². The Hall–Kier alpha value is -0.900. The molecule has 4 heteroatoms. The standard InChI is InChI=1S/C25H40O4/c1-15(5-10-23(28)29-4)19-8-9-20-18-7-6-16-13-17(26)11-12-24(16,2)21(18)14-22(27)25(19,20)3/h15-16,18-22,27H,5-14H2,1-4H3/t15-,16?,18?,19-,20?,21?,22+,24+,25-/m1/s1. The molecule has 0 saturated heterocycles. The summed E-state index contributed by atoms with van der Waals surface area (Å²) in [5, 5.41) is 11.5. The lowest BCUT2D eigenvalue weighted by atomic mass is 9.44. The van der Waals surface area contributed by atoms with Crippen LogP contribution in [0, 0.1) is 46.3 Å². The van der Waals surface area contributed by atoms with Crippen LogP contribution >= 0.6 is 0 Å². The van der Waals surface area contributed by atoms with E-state index in [1.165, 1.54) is 32.8 Å². The van der Waals surface area contributed by atoms with E-state index in [0.29, 0.717) is 47.7 Å². The fourth-order valence-corrected chi connectivity index (χ4v) is 8.62. The summed E-state index contributed by atoms with van der Waals surface area (Å²) >= 11 is 0. The summed E-state index contributed by atoms with van der Waals surface area (Å²) in [4.78, 5) is 23.7. The van der Waals surface area contributed by atoms with Gasteiger partial charge >= 0.3 is 5.97 Å². The Labute approximate surface area is 176 Å². The molecule has 0 heterocycles. The molecule has 0 spiro atoms. The van der Waals surface area contributed by atoms with Crippen LogP contribution in [0.5, 0.6) is 0 Å². The summed E-state index contributed by atoms with van der Waals surface area (Å²) in [6.45, 7) is 7.05. The molecule has 0 amide bonds. The van der Waals surface area contributed by atoms with Crippen LogP contribution in [0.3, 0.4) is 0 Å². The summed E-state index contributed by atoms with van der Waals surface area (Å²) < 4.78 is 4.84. The van der Waals surface area contributed by atoms with Crippen molar-refractivity contribution < 1.29 is 19.4 Å². The molecule has 0 radical (unpaired) electrons. The quantitative estimate of drug-likeness (QED) is 0.685. The first-order chi connectivity index (χ1) is 13.7. The van der Waals surface area contributed by atoms with Gasteiger partial charge in [0.2, 0.25) is 0 Å². The number of hydrogen-bond acceptors (Lipinski definition) is 4. The maximum absolute atomic E-state index is 12.1. The van der Waals surface area contributed by atoms with Crippen LogP contribution < -0.4 is 0 Å². The minimum atomic E-state index is -0.268. The fourth-order valence-electron chi connectivity index (χ4n) is 8.62. The molecule has 29 heavy (non-hydrogen) atoms. The Morgan fingerprint density at radius 3 is 2.69 bits per heavy atom. The highest BCUT2D eigenvalue weighted by molar-refractivity contribution is 5.79. The monoisotopic (exact) mass is 404 g/mol. The molecule has 4 rings (SSSR count). The molecule has 4 nitrogen and oxygen atoms in total. The van der Waals surface area contributed by atoms with E-state index in [2.05, 4.69) is 20.8 Å². The molecule has 0 bridgehead atoms. The second-order valence-electron chi connectivity index (χ2n) is 11.3. The maximum atomic E-state index is 12.1. The van der Waals surface area contributed by atoms with Gasteiger partial charge in [-0.05, 0) is 91.3 Å². The van der Waals surface area contributed by atoms with Crippen LogP contribution in [0.15, 0.2) is 0 Å². The number of aliphatic hydroxyl groups excluding tert-OH is 1. The number of rotatable bonds is 4. The topological polar surface area (TPSA) is 63.6 Å². The molecule has 4 fully saturated rings. The van der Waals surface area contributed by atoms with Crippen molar-refractivity contribution in [1.82, 2.24) is 0 Å². The van der Waals surface area contributed by atoms with Crippen LogP contribution in [0.25, 0.3) is 0 Å². The number of carbonyl (C=O) groups excluding carboxylic acids is 2. The summed E-state index contributed by atoms with van der Waals surface area (Å²) in [5.41, 5.74) is 0.193. The Morgan fingerprint density at radius 1 is 1.21 bits per heavy atom. The Bertz CT molecular complexity index is 659. The number of esters is 1. The van der Waals surface area contributed by atoms with Crippen molar-refractivity contribution in [2.75, 3.05) is 7.11 Å². The predicted octanol–water partition coefficient (Wildman–Crippen LogP) is 4.77. The van der Waals surface area contributed by atoms with Gasteiger partial charge in [-0.1, -0.05) is 20.8 Å². The second kappa shape index (κ2) is 7.66. The third kappa shape index (κ3) is 3.28. The van der Waals surface area contributed by atoms with E-state index in [1.54, 1.807) is 0 Å². The van der Waals surface area contributed by atoms with Crippen molar-refractivity contribution in [3.05, 3.63) is 0 Å². The van der Waals surface area contributed by atoms with E-state index in [0.717, 1.165) is 32.1 Å². The SMILES string of the molecule is COC(=O)CC[C@@H](C)[C@H]1CCC2C3CCC4CC(=O)CC[C@]4(C)C3C[C@H](O)[C@@]21C. The van der Waals surface area contributed by atoms with Gasteiger partial charge in [0.05, 0.1) is 13.2 Å². The molecular weight excluding hydrogens is 364 g/mol. The van der Waals surface area contributed by atoms with Crippen LogP contribution in [0.1, 0.15) is 85.0 Å². The molecule has 164 valence electrons. The lowest BCUT2D eigenvalue weighted by Crippen LogP contribution is -2.58. The van der Waals surface area contributed by atoms with Gasteiger partial charge in [0, 0.05) is 19.3 Å². The first-order valence-corrected chi connectivity index (χ1v) is 12.0. The average Bonchev–Trinajstić information content (AvgIpc) is 3.06. The smallest absolute Gasteiger partial charge is 0.305 e. The highest BCUT2D eigenvalue weighted by Gasteiger charge is 2.63. The molecule has 9 atom stereocenters. The molecule has 4 aliphatic rings. The zero-order valence-electron chi connectivity index (χ0n) is 18.8. The van der Waals surface area contributed by atoms with E-state index in [1.807, 2.05) is 0 Å². The molecule has 0 aromatic heterocycles. The van der Waals surface area contributed by atoms with Crippen molar-refractivity contribution in [2.45, 2.75) is 91.1 Å². The largest absolute Gasteiger partial charge is 0.469 e. The summed E-state index contributed by atoms with van der Waals surface area (Å²) in [6, 6.07) is 0. The van der Waals surface area contributed by atoms with Crippen molar-refractivity contribution >= 4 is 11.8 Å². The van der Waals surface area contributed by atoms with Crippen molar-refractivity contribution in [1.29, 1.82) is 0 Å². The molecule has 0 aromatic carbocycles. The van der Waals surface area contributed by atoms with E-state index in [9.17, 15) is 14.7 Å². The van der Waals surface area contributed by atoms with Crippen molar-refractivity contribution in [3.63, 3.8) is 0 Å². The molecular formula is C25H40O4. The maximum Gasteiger partial charge on any atom is 0.305 e. The number of ketones is 1. The molecule has 4 saturated carbocycles. The highest BCUT2D eigenvalue weighted by atomic mass is 16.5. The van der Waals surface area contributed by atoms with Gasteiger partial charge in [-0.3, -0.25) is 9.59 Å². The lowest BCUT2D eigenvalue weighted by Gasteiger charge is -2.62. The molecule has 0 aliphatic heterocycles. The number of aliphatic hydroxyl groups is 1. The number of Topliss-reactive ketones (excluding diaryl/α,β-unsaturated/α-hetero) is 1. The zero-order chi connectivity index (χ0) is 21.0. The second-order valence-corrected chi connectivity index (χ2v) is 11.3. The van der Waals surface area contributed by atoms with Gasteiger partial charge in [0.15, 0.2) is 0 Å². The van der Waals surface area contributed by atoms with Gasteiger partial charge in [-0.2, -0.15) is 0 Å². The summed E-state index contributed by atoms with van der Waals surface area (Å²) in [5.74, 6) is 3.59. The van der Waals surface area contributed by atoms with E-state index in [4.69, 9.17) is 4.74 Å². The Balaban J connectivity index is 1.54. The zero-order valence-corrected chi connectivity index (χ0v) is 18.8. The number of methoxy groups -OCH3 is 1. The lowest BCUT2D eigenvalue weighted by molar-refractivity contribution is -0.171. The number of fused-ring (bicyclic) bond motifs is 5. The minimum absolute atomic E-state index is 0.0373. The van der Waals surface area contributed by atoms with E-state index in [-0.39, 0.29) is 22.9 Å².